The number of rotatable bonds is 5. The van der Waals surface area contributed by atoms with Crippen LogP contribution in [0.15, 0.2) is 35.9 Å². The maximum atomic E-state index is 13.5. The maximum absolute atomic E-state index is 13.5. The lowest BCUT2D eigenvalue weighted by Crippen LogP contribution is -2.43. The molecule has 2 aliphatic heterocycles. The van der Waals surface area contributed by atoms with Crippen LogP contribution < -0.4 is 14.2 Å². The van der Waals surface area contributed by atoms with Gasteiger partial charge in [0.15, 0.2) is 5.78 Å². The van der Waals surface area contributed by atoms with Crippen LogP contribution in [0.25, 0.3) is 0 Å². The van der Waals surface area contributed by atoms with Crippen molar-refractivity contribution < 1.29 is 29.2 Å². The van der Waals surface area contributed by atoms with Gasteiger partial charge in [0, 0.05) is 22.0 Å². The van der Waals surface area contributed by atoms with Crippen molar-refractivity contribution in [2.24, 2.45) is 0 Å². The van der Waals surface area contributed by atoms with Crippen LogP contribution in [0.1, 0.15) is 39.9 Å². The first-order valence-corrected chi connectivity index (χ1v) is 10.8. The van der Waals surface area contributed by atoms with Gasteiger partial charge in [-0.05, 0) is 37.6 Å². The summed E-state index contributed by atoms with van der Waals surface area (Å²) in [5.74, 6) is 0.959. The summed E-state index contributed by atoms with van der Waals surface area (Å²) in [5.41, 5.74) is 3.44. The zero-order chi connectivity index (χ0) is 21.4. The summed E-state index contributed by atoms with van der Waals surface area (Å²) in [6.45, 7) is 2.00. The molecule has 6 nitrogen and oxygen atoms in total. The average Bonchev–Trinajstić information content (AvgIpc) is 2.76. The molecule has 2 N–H and O–H groups in total. The quantitative estimate of drug-likeness (QED) is 0.504. The first-order chi connectivity index (χ1) is 14.5. The number of aliphatic hydroxyl groups is 1. The van der Waals surface area contributed by atoms with E-state index in [4.69, 9.17) is 14.2 Å². The molecule has 0 bridgehead atoms. The van der Waals surface area contributed by atoms with Crippen LogP contribution >= 0.6 is 15.9 Å². The first-order valence-electron chi connectivity index (χ1n) is 9.70. The molecule has 30 heavy (non-hydrogen) atoms. The second kappa shape index (κ2) is 8.32. The number of fused-ring (bicyclic) bond motifs is 4. The van der Waals surface area contributed by atoms with Crippen LogP contribution in [0.3, 0.4) is 0 Å². The predicted octanol–water partition coefficient (Wildman–Crippen LogP) is 3.90. The Kier molecular flexibility index (Phi) is 5.75. The van der Waals surface area contributed by atoms with Crippen molar-refractivity contribution in [2.75, 3.05) is 19.0 Å². The standard InChI is InChI=1S/C23H23BrO6/c1-12(9-24)3-4-14-17(26)6-5-15-22(27)21-16-8-18(28-2)13(10-25)7-19(16)29-11-20(21)30-23(14)15/h3,5-8,20-21,25-26H,4,9-11H2,1-2H3/t20-,21+/m1/s1. The van der Waals surface area contributed by atoms with Crippen molar-refractivity contribution in [2.45, 2.75) is 32.0 Å². The van der Waals surface area contributed by atoms with Crippen LogP contribution in [0.5, 0.6) is 23.0 Å². The summed E-state index contributed by atoms with van der Waals surface area (Å²) in [4.78, 5) is 13.5. The van der Waals surface area contributed by atoms with Gasteiger partial charge in [0.2, 0.25) is 0 Å². The summed E-state index contributed by atoms with van der Waals surface area (Å²) in [7, 11) is 1.52. The number of methoxy groups -OCH3 is 1. The summed E-state index contributed by atoms with van der Waals surface area (Å²) in [6, 6.07) is 6.61. The van der Waals surface area contributed by atoms with Gasteiger partial charge >= 0.3 is 0 Å². The Morgan fingerprint density at radius 2 is 2.17 bits per heavy atom. The molecule has 0 unspecified atom stereocenters. The highest BCUT2D eigenvalue weighted by Gasteiger charge is 2.44. The smallest absolute Gasteiger partial charge is 0.178 e. The molecule has 2 aromatic rings. The molecular weight excluding hydrogens is 452 g/mol. The topological polar surface area (TPSA) is 85.2 Å². The van der Waals surface area contributed by atoms with Gasteiger partial charge in [0.05, 0.1) is 25.2 Å². The van der Waals surface area contributed by atoms with E-state index in [2.05, 4.69) is 15.9 Å². The van der Waals surface area contributed by atoms with Crippen molar-refractivity contribution in [1.82, 2.24) is 0 Å². The highest BCUT2D eigenvalue weighted by Crippen LogP contribution is 2.47. The van der Waals surface area contributed by atoms with Gasteiger partial charge in [-0.1, -0.05) is 27.6 Å². The second-order valence-corrected chi connectivity index (χ2v) is 8.06. The van der Waals surface area contributed by atoms with Gasteiger partial charge < -0.3 is 24.4 Å². The fourth-order valence-corrected chi connectivity index (χ4v) is 4.20. The Morgan fingerprint density at radius 1 is 1.37 bits per heavy atom. The van der Waals surface area contributed by atoms with Gasteiger partial charge in [0.25, 0.3) is 0 Å². The predicted molar refractivity (Wildman–Crippen MR) is 115 cm³/mol. The van der Waals surface area contributed by atoms with Crippen LogP contribution in [-0.4, -0.2) is 41.1 Å². The second-order valence-electron chi connectivity index (χ2n) is 7.50. The van der Waals surface area contributed by atoms with E-state index in [0.29, 0.717) is 45.9 Å². The molecule has 0 amide bonds. The highest BCUT2D eigenvalue weighted by atomic mass is 79.9. The molecule has 0 spiro atoms. The minimum atomic E-state index is -0.542. The van der Waals surface area contributed by atoms with E-state index in [9.17, 15) is 15.0 Å². The SMILES string of the molecule is COc1cc2c(cc1CO)OC[C@H]1Oc3c(ccc(O)c3CC=C(C)CBr)C(=O)[C@@H]21. The van der Waals surface area contributed by atoms with Gasteiger partial charge in [-0.3, -0.25) is 4.79 Å². The van der Waals surface area contributed by atoms with Gasteiger partial charge in [-0.25, -0.2) is 0 Å². The lowest BCUT2D eigenvalue weighted by Gasteiger charge is -2.38. The number of benzene rings is 2. The number of phenols is 1. The fraction of sp³-hybridized carbons (Fsp3) is 0.348. The Morgan fingerprint density at radius 3 is 2.87 bits per heavy atom. The molecule has 2 heterocycles. The monoisotopic (exact) mass is 474 g/mol. The number of hydrogen-bond donors (Lipinski definition) is 2. The third kappa shape index (κ3) is 3.46. The van der Waals surface area contributed by atoms with Crippen molar-refractivity contribution in [3.8, 4) is 23.0 Å². The van der Waals surface area contributed by atoms with Crippen LogP contribution in [-0.2, 0) is 13.0 Å². The number of ketones is 1. The number of aromatic hydroxyl groups is 1. The van der Waals surface area contributed by atoms with E-state index in [0.717, 1.165) is 10.9 Å². The van der Waals surface area contributed by atoms with E-state index in [1.165, 1.54) is 7.11 Å². The number of ether oxygens (including phenoxy) is 3. The normalized spacial score (nSPS) is 19.9. The molecule has 0 radical (unpaired) electrons. The minimum absolute atomic E-state index is 0.0768. The Hall–Kier alpha value is -2.51. The number of alkyl halides is 1. The molecule has 2 aromatic carbocycles. The van der Waals surface area contributed by atoms with Crippen LogP contribution in [0.2, 0.25) is 0 Å². The van der Waals surface area contributed by atoms with Crippen LogP contribution in [0, 0.1) is 0 Å². The molecule has 7 heteroatoms. The summed E-state index contributed by atoms with van der Waals surface area (Å²) in [6.07, 6.45) is 1.95. The lowest BCUT2D eigenvalue weighted by atomic mass is 9.81. The van der Waals surface area contributed by atoms with Crippen molar-refractivity contribution in [3.63, 3.8) is 0 Å². The Bertz CT molecular complexity index is 1030. The molecule has 158 valence electrons. The maximum Gasteiger partial charge on any atom is 0.178 e. The molecular formula is C23H23BrO6. The Balaban J connectivity index is 1.78. The number of carbonyl (C=O) groups is 1. The largest absolute Gasteiger partial charge is 0.508 e. The summed E-state index contributed by atoms with van der Waals surface area (Å²) >= 11 is 3.42. The van der Waals surface area contributed by atoms with Gasteiger partial charge in [0.1, 0.15) is 35.7 Å². The molecule has 0 aromatic heterocycles. The zero-order valence-electron chi connectivity index (χ0n) is 16.8. The van der Waals surface area contributed by atoms with Gasteiger partial charge in [-0.2, -0.15) is 0 Å². The molecule has 4 rings (SSSR count). The molecule has 0 saturated heterocycles. The first kappa shape index (κ1) is 20.8. The molecule has 2 atom stereocenters. The van der Waals surface area contributed by atoms with E-state index in [1.807, 2.05) is 13.0 Å². The van der Waals surface area contributed by atoms with E-state index < -0.39 is 12.0 Å². The third-order valence-electron chi connectivity index (χ3n) is 5.61. The van der Waals surface area contributed by atoms with Crippen molar-refractivity contribution >= 4 is 21.7 Å². The summed E-state index contributed by atoms with van der Waals surface area (Å²) in [5, 5.41) is 20.7. The number of carbonyl (C=O) groups excluding carboxylic acids is 1. The molecule has 0 aliphatic carbocycles. The molecule has 0 saturated carbocycles. The molecule has 0 fully saturated rings. The lowest BCUT2D eigenvalue weighted by molar-refractivity contribution is 0.0553. The van der Waals surface area contributed by atoms with Crippen LogP contribution in [0.4, 0.5) is 0 Å². The zero-order valence-corrected chi connectivity index (χ0v) is 18.4. The number of halogens is 1. The summed E-state index contributed by atoms with van der Waals surface area (Å²) < 4.78 is 17.5. The third-order valence-corrected chi connectivity index (χ3v) is 6.50. The minimum Gasteiger partial charge on any atom is -0.508 e. The number of Topliss-reactive ketones (excluding diaryl/α,β-unsaturated/α-hetero) is 1. The van der Waals surface area contributed by atoms with E-state index >= 15 is 0 Å². The Labute approximate surface area is 183 Å². The van der Waals surface area contributed by atoms with E-state index in [1.54, 1.807) is 24.3 Å². The highest BCUT2D eigenvalue weighted by molar-refractivity contribution is 9.09. The number of phenolic OH excluding ortho intramolecular Hbond substituents is 1. The van der Waals surface area contributed by atoms with Crippen molar-refractivity contribution in [1.29, 1.82) is 0 Å². The number of allylic oxidation sites excluding steroid dienone is 2. The van der Waals surface area contributed by atoms with Crippen molar-refractivity contribution in [3.05, 3.63) is 58.2 Å². The fourth-order valence-electron chi connectivity index (χ4n) is 3.97. The number of hydrogen-bond acceptors (Lipinski definition) is 6. The average molecular weight is 475 g/mol. The van der Waals surface area contributed by atoms with Gasteiger partial charge in [-0.15, -0.1) is 0 Å². The molecule has 2 aliphatic rings. The number of aliphatic hydroxyl groups excluding tert-OH is 1. The van der Waals surface area contributed by atoms with E-state index in [-0.39, 0.29) is 24.7 Å².